The van der Waals surface area contributed by atoms with Gasteiger partial charge in [0.2, 0.25) is 0 Å². The average Bonchev–Trinajstić information content (AvgIpc) is 2.94. The van der Waals surface area contributed by atoms with E-state index in [0.29, 0.717) is 0 Å². The van der Waals surface area contributed by atoms with E-state index in [0.717, 1.165) is 12.0 Å². The lowest BCUT2D eigenvalue weighted by atomic mass is 9.97. The summed E-state index contributed by atoms with van der Waals surface area (Å²) in [6, 6.07) is 17.2. The summed E-state index contributed by atoms with van der Waals surface area (Å²) >= 11 is 0. The molecule has 3 rings (SSSR count). The minimum Gasteiger partial charge on any atom is -0.464 e. The predicted octanol–water partition coefficient (Wildman–Crippen LogP) is 4.69. The summed E-state index contributed by atoms with van der Waals surface area (Å²) in [4.78, 5) is 0. The van der Waals surface area contributed by atoms with Gasteiger partial charge in [-0.2, -0.15) is 0 Å². The van der Waals surface area contributed by atoms with Crippen LogP contribution in [0.2, 0.25) is 0 Å². The molecule has 0 aliphatic heterocycles. The fraction of sp³-hybridized carbons (Fsp3) is 0.263. The molecule has 0 saturated heterocycles. The molecular weight excluding hydrogens is 258 g/mol. The van der Waals surface area contributed by atoms with E-state index in [1.807, 2.05) is 25.4 Å². The maximum absolute atomic E-state index is 5.68. The summed E-state index contributed by atoms with van der Waals surface area (Å²) < 4.78 is 5.68. The summed E-state index contributed by atoms with van der Waals surface area (Å²) in [7, 11) is 1.99. The van der Waals surface area contributed by atoms with E-state index < -0.39 is 0 Å². The molecule has 21 heavy (non-hydrogen) atoms. The Morgan fingerprint density at radius 1 is 1.05 bits per heavy atom. The molecule has 2 aromatic carbocycles. The van der Waals surface area contributed by atoms with E-state index in [1.165, 1.54) is 28.5 Å². The molecule has 2 heteroatoms. The van der Waals surface area contributed by atoms with Gasteiger partial charge in [0.1, 0.15) is 5.58 Å². The molecule has 0 aliphatic rings. The molecule has 1 N–H and O–H groups in total. The Bertz CT molecular complexity index is 712. The van der Waals surface area contributed by atoms with Crippen molar-refractivity contribution in [2.45, 2.75) is 25.8 Å². The van der Waals surface area contributed by atoms with Crippen LogP contribution in [0.3, 0.4) is 0 Å². The summed E-state index contributed by atoms with van der Waals surface area (Å²) in [5, 5.41) is 4.58. The number of rotatable bonds is 5. The smallest absolute Gasteiger partial charge is 0.134 e. The quantitative estimate of drug-likeness (QED) is 0.732. The first kappa shape index (κ1) is 13.9. The second-order valence-corrected chi connectivity index (χ2v) is 5.40. The molecule has 0 fully saturated rings. The first-order chi connectivity index (χ1) is 10.3. The van der Waals surface area contributed by atoms with Crippen molar-refractivity contribution >= 4 is 11.0 Å². The van der Waals surface area contributed by atoms with Crippen LogP contribution in [-0.4, -0.2) is 7.05 Å². The summed E-state index contributed by atoms with van der Waals surface area (Å²) in [6.45, 7) is 2.21. The van der Waals surface area contributed by atoms with Crippen LogP contribution in [0.1, 0.15) is 36.1 Å². The zero-order valence-corrected chi connectivity index (χ0v) is 12.6. The van der Waals surface area contributed by atoms with Crippen molar-refractivity contribution in [2.24, 2.45) is 0 Å². The highest BCUT2D eigenvalue weighted by Crippen LogP contribution is 2.30. The Balaban J connectivity index is 1.97. The monoisotopic (exact) mass is 279 g/mol. The fourth-order valence-electron chi connectivity index (χ4n) is 2.89. The van der Waals surface area contributed by atoms with Crippen molar-refractivity contribution in [3.05, 3.63) is 71.5 Å². The molecule has 0 aliphatic carbocycles. The molecule has 0 spiro atoms. The molecule has 2 nitrogen and oxygen atoms in total. The van der Waals surface area contributed by atoms with Crippen LogP contribution >= 0.6 is 0 Å². The van der Waals surface area contributed by atoms with Gasteiger partial charge in [-0.3, -0.25) is 0 Å². The lowest BCUT2D eigenvalue weighted by molar-refractivity contribution is 0.597. The van der Waals surface area contributed by atoms with Crippen LogP contribution in [0.25, 0.3) is 11.0 Å². The maximum Gasteiger partial charge on any atom is 0.134 e. The molecule has 1 atom stereocenters. The van der Waals surface area contributed by atoms with Crippen molar-refractivity contribution < 1.29 is 4.42 Å². The Morgan fingerprint density at radius 3 is 2.52 bits per heavy atom. The maximum atomic E-state index is 5.68. The van der Waals surface area contributed by atoms with Gasteiger partial charge >= 0.3 is 0 Å². The number of benzene rings is 2. The van der Waals surface area contributed by atoms with E-state index in [-0.39, 0.29) is 6.04 Å². The predicted molar refractivity (Wildman–Crippen MR) is 87.6 cm³/mol. The zero-order valence-electron chi connectivity index (χ0n) is 12.6. The first-order valence-corrected chi connectivity index (χ1v) is 7.55. The highest BCUT2D eigenvalue weighted by molar-refractivity contribution is 5.81. The van der Waals surface area contributed by atoms with Crippen molar-refractivity contribution in [1.82, 2.24) is 5.32 Å². The van der Waals surface area contributed by atoms with Gasteiger partial charge in [0, 0.05) is 10.9 Å². The van der Waals surface area contributed by atoms with Gasteiger partial charge in [0.05, 0.1) is 12.3 Å². The van der Waals surface area contributed by atoms with Crippen LogP contribution in [0.15, 0.2) is 59.2 Å². The molecule has 0 amide bonds. The second-order valence-electron chi connectivity index (χ2n) is 5.40. The van der Waals surface area contributed by atoms with E-state index in [9.17, 15) is 0 Å². The SMILES string of the molecule is CCCc1ccc(C(NC)c2coc3ccccc23)cc1. The molecule has 1 aromatic heterocycles. The second kappa shape index (κ2) is 6.15. The average molecular weight is 279 g/mol. The number of hydrogen-bond donors (Lipinski definition) is 1. The Kier molecular flexibility index (Phi) is 4.07. The third kappa shape index (κ3) is 2.72. The van der Waals surface area contributed by atoms with E-state index in [4.69, 9.17) is 4.42 Å². The first-order valence-electron chi connectivity index (χ1n) is 7.55. The van der Waals surface area contributed by atoms with Gasteiger partial charge in [0.15, 0.2) is 0 Å². The summed E-state index contributed by atoms with van der Waals surface area (Å²) in [5.41, 5.74) is 4.80. The fourth-order valence-corrected chi connectivity index (χ4v) is 2.89. The number of aryl methyl sites for hydroxylation is 1. The van der Waals surface area contributed by atoms with Crippen LogP contribution in [-0.2, 0) is 6.42 Å². The van der Waals surface area contributed by atoms with E-state index >= 15 is 0 Å². The van der Waals surface area contributed by atoms with Gasteiger partial charge in [-0.25, -0.2) is 0 Å². The van der Waals surface area contributed by atoms with E-state index in [2.05, 4.69) is 48.6 Å². The Labute approximate surface area is 125 Å². The minimum atomic E-state index is 0.157. The van der Waals surface area contributed by atoms with E-state index in [1.54, 1.807) is 0 Å². The molecule has 1 heterocycles. The van der Waals surface area contributed by atoms with Crippen LogP contribution in [0.4, 0.5) is 0 Å². The van der Waals surface area contributed by atoms with Crippen molar-refractivity contribution in [2.75, 3.05) is 7.05 Å². The number of fused-ring (bicyclic) bond motifs is 1. The summed E-state index contributed by atoms with van der Waals surface area (Å²) in [6.07, 6.45) is 4.19. The van der Waals surface area contributed by atoms with Crippen LogP contribution in [0, 0.1) is 0 Å². The van der Waals surface area contributed by atoms with Crippen molar-refractivity contribution in [3.8, 4) is 0 Å². The van der Waals surface area contributed by atoms with Crippen LogP contribution < -0.4 is 5.32 Å². The molecule has 1 unspecified atom stereocenters. The summed E-state index contributed by atoms with van der Waals surface area (Å²) in [5.74, 6) is 0. The van der Waals surface area contributed by atoms with Crippen molar-refractivity contribution in [3.63, 3.8) is 0 Å². The number of hydrogen-bond acceptors (Lipinski definition) is 2. The molecule has 0 bridgehead atoms. The standard InChI is InChI=1S/C19H21NO/c1-3-6-14-9-11-15(12-10-14)19(20-2)17-13-21-18-8-5-4-7-16(17)18/h4-5,7-13,19-20H,3,6H2,1-2H3. The lowest BCUT2D eigenvalue weighted by Crippen LogP contribution is -2.17. The van der Waals surface area contributed by atoms with Crippen LogP contribution in [0.5, 0.6) is 0 Å². The highest BCUT2D eigenvalue weighted by atomic mass is 16.3. The van der Waals surface area contributed by atoms with Gasteiger partial charge < -0.3 is 9.73 Å². The van der Waals surface area contributed by atoms with Gasteiger partial charge in [0.25, 0.3) is 0 Å². The van der Waals surface area contributed by atoms with Gasteiger partial charge in [-0.1, -0.05) is 55.8 Å². The molecule has 108 valence electrons. The number of para-hydroxylation sites is 1. The highest BCUT2D eigenvalue weighted by Gasteiger charge is 2.17. The van der Waals surface area contributed by atoms with Gasteiger partial charge in [-0.15, -0.1) is 0 Å². The third-order valence-corrected chi connectivity index (χ3v) is 3.96. The zero-order chi connectivity index (χ0) is 14.7. The minimum absolute atomic E-state index is 0.157. The molecule has 3 aromatic rings. The Morgan fingerprint density at radius 2 is 1.81 bits per heavy atom. The largest absolute Gasteiger partial charge is 0.464 e. The van der Waals surface area contributed by atoms with Crippen molar-refractivity contribution in [1.29, 1.82) is 0 Å². The molecular formula is C19H21NO. The third-order valence-electron chi connectivity index (χ3n) is 3.96. The lowest BCUT2D eigenvalue weighted by Gasteiger charge is -2.16. The number of nitrogens with one attached hydrogen (secondary N) is 1. The topological polar surface area (TPSA) is 25.2 Å². The normalized spacial score (nSPS) is 12.7. The molecule has 0 saturated carbocycles. The molecule has 0 radical (unpaired) electrons. The number of furan rings is 1. The Hall–Kier alpha value is -2.06. The van der Waals surface area contributed by atoms with Gasteiger partial charge in [-0.05, 0) is 30.7 Å².